The molecule has 192 valence electrons. The van der Waals surface area contributed by atoms with Crippen LogP contribution in [0.5, 0.6) is 0 Å². The fourth-order valence-electron chi connectivity index (χ4n) is 4.11. The zero-order valence-corrected chi connectivity index (χ0v) is 21.1. The van der Waals surface area contributed by atoms with E-state index in [2.05, 4.69) is 10.3 Å². The van der Waals surface area contributed by atoms with Gasteiger partial charge in [0, 0.05) is 25.1 Å². The largest absolute Gasteiger partial charge is 0.458 e. The molecule has 2 amide bonds. The quantitative estimate of drug-likeness (QED) is 0.223. The van der Waals surface area contributed by atoms with Gasteiger partial charge in [-0.15, -0.1) is 0 Å². The number of rotatable bonds is 8. The van der Waals surface area contributed by atoms with Crippen LogP contribution >= 0.6 is 0 Å². The van der Waals surface area contributed by atoms with Gasteiger partial charge in [-0.3, -0.25) is 14.6 Å². The molecule has 5 N–H and O–H groups in total. The molecule has 36 heavy (non-hydrogen) atoms. The number of nitrogens with two attached hydrogens (primary N) is 2. The number of amides is 2. The minimum atomic E-state index is -0.906. The topological polar surface area (TPSA) is 140 Å². The Morgan fingerprint density at radius 3 is 2.33 bits per heavy atom. The van der Waals surface area contributed by atoms with E-state index in [9.17, 15) is 14.4 Å². The van der Waals surface area contributed by atoms with Gasteiger partial charge in [0.05, 0.1) is 0 Å². The molecule has 0 aliphatic carbocycles. The van der Waals surface area contributed by atoms with Crippen molar-refractivity contribution in [3.05, 3.63) is 71.3 Å². The summed E-state index contributed by atoms with van der Waals surface area (Å²) >= 11 is 0. The van der Waals surface area contributed by atoms with E-state index in [1.54, 1.807) is 49.9 Å². The summed E-state index contributed by atoms with van der Waals surface area (Å²) in [5.74, 6) is -1.24. The molecule has 1 aliphatic heterocycles. The fraction of sp³-hybridized carbons (Fsp3) is 0.407. The van der Waals surface area contributed by atoms with Crippen molar-refractivity contribution in [2.24, 2.45) is 16.5 Å². The minimum Gasteiger partial charge on any atom is -0.458 e. The Labute approximate surface area is 211 Å². The molecule has 9 heteroatoms. The smallest absolute Gasteiger partial charge is 0.329 e. The van der Waals surface area contributed by atoms with E-state index in [0.29, 0.717) is 31.5 Å². The molecule has 0 aromatic heterocycles. The van der Waals surface area contributed by atoms with Gasteiger partial charge in [0.25, 0.3) is 5.91 Å². The van der Waals surface area contributed by atoms with Gasteiger partial charge in [0.1, 0.15) is 17.7 Å². The number of carbonyl (C=O) groups excluding carboxylic acids is 3. The first-order chi connectivity index (χ1) is 17.0. The number of benzene rings is 2. The third-order valence-corrected chi connectivity index (χ3v) is 5.79. The first kappa shape index (κ1) is 26.7. The Hall–Kier alpha value is -3.88. The lowest BCUT2D eigenvalue weighted by atomic mass is 9.92. The third kappa shape index (κ3) is 7.31. The van der Waals surface area contributed by atoms with Gasteiger partial charge in [-0.05, 0) is 56.9 Å². The molecule has 1 heterocycles. The van der Waals surface area contributed by atoms with Gasteiger partial charge < -0.3 is 26.4 Å². The standard InChI is InChI=1S/C27H35N5O4/c1-27(2,3)36-25(35)21(14-9-15-30-26(28)29)31-23(33)22-16-19-12-7-8-13-20(19)17-32(22)24(34)18-10-5-4-6-11-18/h4-8,10-13,21-22H,9,14-17H2,1-3H3,(H,31,33)(H4,28,29,30). The Morgan fingerprint density at radius 2 is 1.69 bits per heavy atom. The van der Waals surface area contributed by atoms with Gasteiger partial charge in [0.15, 0.2) is 5.96 Å². The summed E-state index contributed by atoms with van der Waals surface area (Å²) in [6.45, 7) is 5.90. The van der Waals surface area contributed by atoms with E-state index in [0.717, 1.165) is 11.1 Å². The van der Waals surface area contributed by atoms with Crippen LogP contribution in [0.4, 0.5) is 0 Å². The van der Waals surface area contributed by atoms with Gasteiger partial charge in [-0.2, -0.15) is 0 Å². The summed E-state index contributed by atoms with van der Waals surface area (Å²) in [5, 5.41) is 2.85. The first-order valence-electron chi connectivity index (χ1n) is 12.1. The van der Waals surface area contributed by atoms with E-state index in [1.807, 2.05) is 30.3 Å². The summed E-state index contributed by atoms with van der Waals surface area (Å²) in [4.78, 5) is 45.5. The van der Waals surface area contributed by atoms with Crippen LogP contribution in [0.2, 0.25) is 0 Å². The second kappa shape index (κ2) is 11.7. The number of hydrogen-bond donors (Lipinski definition) is 3. The second-order valence-corrected chi connectivity index (χ2v) is 9.83. The molecule has 0 spiro atoms. The Morgan fingerprint density at radius 1 is 1.06 bits per heavy atom. The molecule has 2 unspecified atom stereocenters. The van der Waals surface area contributed by atoms with Gasteiger partial charge >= 0.3 is 5.97 Å². The van der Waals surface area contributed by atoms with Crippen molar-refractivity contribution < 1.29 is 19.1 Å². The van der Waals surface area contributed by atoms with Crippen LogP contribution in [0.15, 0.2) is 59.6 Å². The summed E-state index contributed by atoms with van der Waals surface area (Å²) in [5.41, 5.74) is 12.5. The number of carbonyl (C=O) groups is 3. The minimum absolute atomic E-state index is 0.0382. The summed E-state index contributed by atoms with van der Waals surface area (Å²) < 4.78 is 5.55. The van der Waals surface area contributed by atoms with E-state index in [1.165, 1.54) is 0 Å². The monoisotopic (exact) mass is 493 g/mol. The molecule has 0 fully saturated rings. The molecule has 1 aliphatic rings. The molecule has 2 aromatic rings. The van der Waals surface area contributed by atoms with Crippen LogP contribution in [0, 0.1) is 0 Å². The molecule has 2 atom stereocenters. The molecule has 0 saturated heterocycles. The van der Waals surface area contributed by atoms with Crippen molar-refractivity contribution >= 4 is 23.7 Å². The summed E-state index contributed by atoms with van der Waals surface area (Å²) in [7, 11) is 0. The fourth-order valence-corrected chi connectivity index (χ4v) is 4.11. The van der Waals surface area contributed by atoms with Crippen molar-refractivity contribution in [1.82, 2.24) is 10.2 Å². The van der Waals surface area contributed by atoms with Crippen LogP contribution < -0.4 is 16.8 Å². The van der Waals surface area contributed by atoms with E-state index < -0.39 is 29.6 Å². The van der Waals surface area contributed by atoms with Crippen LogP contribution in [0.1, 0.15) is 55.1 Å². The maximum atomic E-state index is 13.6. The zero-order valence-electron chi connectivity index (χ0n) is 21.1. The highest BCUT2D eigenvalue weighted by Gasteiger charge is 2.37. The third-order valence-electron chi connectivity index (χ3n) is 5.79. The Kier molecular flexibility index (Phi) is 8.68. The highest BCUT2D eigenvalue weighted by Crippen LogP contribution is 2.25. The maximum Gasteiger partial charge on any atom is 0.329 e. The number of aliphatic imine (C=N–C) groups is 1. The summed E-state index contributed by atoms with van der Waals surface area (Å²) in [6.07, 6.45) is 1.09. The maximum absolute atomic E-state index is 13.6. The van der Waals surface area contributed by atoms with Crippen LogP contribution in [0.3, 0.4) is 0 Å². The number of hydrogen-bond acceptors (Lipinski definition) is 5. The molecule has 3 rings (SSSR count). The zero-order chi connectivity index (χ0) is 26.3. The first-order valence-corrected chi connectivity index (χ1v) is 12.1. The normalized spacial score (nSPS) is 15.9. The molecular weight excluding hydrogens is 458 g/mol. The van der Waals surface area contributed by atoms with Crippen molar-refractivity contribution in [2.75, 3.05) is 6.54 Å². The van der Waals surface area contributed by atoms with Crippen molar-refractivity contribution in [1.29, 1.82) is 0 Å². The highest BCUT2D eigenvalue weighted by atomic mass is 16.6. The molecule has 0 radical (unpaired) electrons. The predicted molar refractivity (Wildman–Crippen MR) is 138 cm³/mol. The summed E-state index contributed by atoms with van der Waals surface area (Å²) in [6, 6.07) is 14.9. The lowest BCUT2D eigenvalue weighted by molar-refractivity contribution is -0.159. The molecule has 9 nitrogen and oxygen atoms in total. The second-order valence-electron chi connectivity index (χ2n) is 9.83. The van der Waals surface area contributed by atoms with Gasteiger partial charge in [-0.25, -0.2) is 4.79 Å². The van der Waals surface area contributed by atoms with Gasteiger partial charge in [-0.1, -0.05) is 42.5 Å². The number of nitrogens with one attached hydrogen (secondary N) is 1. The average molecular weight is 494 g/mol. The van der Waals surface area contributed by atoms with E-state index in [-0.39, 0.29) is 18.3 Å². The van der Waals surface area contributed by atoms with Crippen molar-refractivity contribution in [3.63, 3.8) is 0 Å². The average Bonchev–Trinajstić information content (AvgIpc) is 2.83. The van der Waals surface area contributed by atoms with Crippen molar-refractivity contribution in [3.8, 4) is 0 Å². The lowest BCUT2D eigenvalue weighted by Gasteiger charge is -2.37. The number of ether oxygens (including phenoxy) is 1. The highest BCUT2D eigenvalue weighted by molar-refractivity contribution is 5.98. The van der Waals surface area contributed by atoms with Crippen molar-refractivity contribution in [2.45, 2.75) is 64.3 Å². The Balaban J connectivity index is 1.84. The molecule has 2 aromatic carbocycles. The van der Waals surface area contributed by atoms with Crippen LogP contribution in [-0.4, -0.2) is 52.9 Å². The van der Waals surface area contributed by atoms with E-state index in [4.69, 9.17) is 16.2 Å². The molecule has 0 saturated carbocycles. The van der Waals surface area contributed by atoms with E-state index >= 15 is 0 Å². The lowest BCUT2D eigenvalue weighted by Crippen LogP contribution is -2.56. The number of guanidine groups is 1. The number of esters is 1. The van der Waals surface area contributed by atoms with Crippen LogP contribution in [0.25, 0.3) is 0 Å². The molecular formula is C27H35N5O4. The number of fused-ring (bicyclic) bond motifs is 1. The Bertz CT molecular complexity index is 1110. The SMILES string of the molecule is CC(C)(C)OC(=O)C(CCCN=C(N)N)NC(=O)C1Cc2ccccc2CN1C(=O)c1ccccc1. The molecule has 0 bridgehead atoms. The number of nitrogens with zero attached hydrogens (tertiary/aromatic N) is 2. The predicted octanol–water partition coefficient (Wildman–Crippen LogP) is 2.13. The van der Waals surface area contributed by atoms with Crippen LogP contribution in [-0.2, 0) is 27.3 Å². The van der Waals surface area contributed by atoms with Gasteiger partial charge in [0.2, 0.25) is 5.91 Å².